The Morgan fingerprint density at radius 1 is 1.56 bits per heavy atom. The molecule has 0 saturated heterocycles. The van der Waals surface area contributed by atoms with Gasteiger partial charge in [0, 0.05) is 12.1 Å². The van der Waals surface area contributed by atoms with Gasteiger partial charge in [0.05, 0.1) is 12.8 Å². The summed E-state index contributed by atoms with van der Waals surface area (Å²) in [4.78, 5) is 14.1. The summed E-state index contributed by atoms with van der Waals surface area (Å²) in [5.74, 6) is -0.415. The van der Waals surface area contributed by atoms with Crippen LogP contribution in [0.1, 0.15) is 5.56 Å². The molecule has 0 radical (unpaired) electrons. The van der Waals surface area contributed by atoms with Gasteiger partial charge in [-0.2, -0.15) is 5.10 Å². The van der Waals surface area contributed by atoms with Crippen LogP contribution >= 0.6 is 0 Å². The zero-order valence-electron chi connectivity index (χ0n) is 9.63. The molecule has 2 rings (SSSR count). The van der Waals surface area contributed by atoms with Crippen LogP contribution in [0.5, 0.6) is 5.75 Å². The van der Waals surface area contributed by atoms with Gasteiger partial charge in [-0.05, 0) is 12.1 Å². The number of benzene rings is 1. The van der Waals surface area contributed by atoms with Gasteiger partial charge in [0.2, 0.25) is 6.41 Å². The van der Waals surface area contributed by atoms with E-state index < -0.39 is 5.82 Å². The lowest BCUT2D eigenvalue weighted by atomic mass is 10.1. The summed E-state index contributed by atoms with van der Waals surface area (Å²) in [7, 11) is 1.38. The third-order valence-corrected chi connectivity index (χ3v) is 2.43. The number of carbonyl (C=O) groups excluding carboxylic acids is 1. The first-order chi connectivity index (χ1) is 8.77. The Morgan fingerprint density at radius 3 is 3.00 bits per heavy atom. The summed E-state index contributed by atoms with van der Waals surface area (Å²) in [6, 6.07) is 3.15. The summed E-state index contributed by atoms with van der Waals surface area (Å²) in [5.41, 5.74) is 0.784. The molecule has 0 atom stereocenters. The molecule has 6 nitrogen and oxygen atoms in total. The van der Waals surface area contributed by atoms with E-state index in [2.05, 4.69) is 15.4 Å². The van der Waals surface area contributed by atoms with Gasteiger partial charge >= 0.3 is 0 Å². The maximum Gasteiger partial charge on any atom is 0.207 e. The first-order valence-corrected chi connectivity index (χ1v) is 5.15. The highest BCUT2D eigenvalue weighted by atomic mass is 19.1. The molecule has 1 aromatic heterocycles. The molecule has 1 aromatic carbocycles. The van der Waals surface area contributed by atoms with Gasteiger partial charge in [-0.15, -0.1) is 0 Å². The summed E-state index contributed by atoms with van der Waals surface area (Å²) in [6.45, 7) is 0.0434. The van der Waals surface area contributed by atoms with E-state index in [0.29, 0.717) is 12.1 Å². The second-order valence-electron chi connectivity index (χ2n) is 3.42. The van der Waals surface area contributed by atoms with Crippen LogP contribution in [0.4, 0.5) is 4.39 Å². The molecule has 0 spiro atoms. The van der Waals surface area contributed by atoms with Crippen molar-refractivity contribution in [2.45, 2.75) is 6.54 Å². The molecule has 0 aliphatic rings. The predicted molar refractivity (Wildman–Crippen MR) is 60.8 cm³/mol. The smallest absolute Gasteiger partial charge is 0.207 e. The van der Waals surface area contributed by atoms with Crippen LogP contribution in [-0.2, 0) is 11.3 Å². The fourth-order valence-corrected chi connectivity index (χ4v) is 1.61. The highest BCUT2D eigenvalue weighted by molar-refractivity contribution is 5.50. The lowest BCUT2D eigenvalue weighted by Crippen LogP contribution is -2.15. The van der Waals surface area contributed by atoms with E-state index in [9.17, 15) is 9.18 Å². The first-order valence-electron chi connectivity index (χ1n) is 5.15. The quantitative estimate of drug-likeness (QED) is 0.791. The molecule has 1 heterocycles. The Balaban J connectivity index is 2.51. The van der Waals surface area contributed by atoms with Crippen molar-refractivity contribution >= 4 is 6.41 Å². The maximum absolute atomic E-state index is 14.1. The third kappa shape index (κ3) is 2.15. The number of methoxy groups -OCH3 is 1. The van der Waals surface area contributed by atoms with Crippen molar-refractivity contribution in [3.63, 3.8) is 0 Å². The predicted octanol–water partition coefficient (Wildman–Crippen LogP) is 0.661. The van der Waals surface area contributed by atoms with Crippen LogP contribution in [0.25, 0.3) is 5.69 Å². The van der Waals surface area contributed by atoms with Gasteiger partial charge in [0.25, 0.3) is 0 Å². The lowest BCUT2D eigenvalue weighted by molar-refractivity contribution is -0.109. The Hall–Kier alpha value is -2.44. The molecule has 0 bridgehead atoms. The maximum atomic E-state index is 14.1. The van der Waals surface area contributed by atoms with Gasteiger partial charge in [0.15, 0.2) is 11.6 Å². The molecule has 1 amide bonds. The van der Waals surface area contributed by atoms with E-state index in [-0.39, 0.29) is 17.9 Å². The summed E-state index contributed by atoms with van der Waals surface area (Å²) in [6.07, 6.45) is 3.30. The highest BCUT2D eigenvalue weighted by Crippen LogP contribution is 2.25. The number of hydrogen-bond acceptors (Lipinski definition) is 4. The van der Waals surface area contributed by atoms with Crippen LogP contribution in [0.3, 0.4) is 0 Å². The van der Waals surface area contributed by atoms with E-state index in [1.54, 1.807) is 6.07 Å². The average Bonchev–Trinajstić information content (AvgIpc) is 2.90. The Kier molecular flexibility index (Phi) is 3.52. The number of hydrogen-bond donors (Lipinski definition) is 1. The molecule has 0 saturated carbocycles. The molecular formula is C11H11FN4O2. The van der Waals surface area contributed by atoms with Crippen molar-refractivity contribution in [1.29, 1.82) is 0 Å². The van der Waals surface area contributed by atoms with E-state index >= 15 is 0 Å². The number of aromatic nitrogens is 3. The average molecular weight is 250 g/mol. The van der Waals surface area contributed by atoms with Crippen LogP contribution < -0.4 is 10.1 Å². The monoisotopic (exact) mass is 250 g/mol. The number of nitrogens with zero attached hydrogens (tertiary/aromatic N) is 3. The van der Waals surface area contributed by atoms with Crippen LogP contribution in [0.2, 0.25) is 0 Å². The molecule has 2 aromatic rings. The van der Waals surface area contributed by atoms with Gasteiger partial charge < -0.3 is 10.1 Å². The highest BCUT2D eigenvalue weighted by Gasteiger charge is 2.15. The zero-order chi connectivity index (χ0) is 13.0. The SMILES string of the molecule is COc1ccc(-n2cncn2)c(CNC=O)c1F. The topological polar surface area (TPSA) is 69.0 Å². The minimum Gasteiger partial charge on any atom is -0.494 e. The van der Waals surface area contributed by atoms with Crippen molar-refractivity contribution in [1.82, 2.24) is 20.1 Å². The summed E-state index contributed by atoms with van der Waals surface area (Å²) in [5, 5.41) is 6.36. The third-order valence-electron chi connectivity index (χ3n) is 2.43. The van der Waals surface area contributed by atoms with Crippen LogP contribution in [-0.4, -0.2) is 28.3 Å². The minimum absolute atomic E-state index is 0.0434. The van der Waals surface area contributed by atoms with Gasteiger partial charge in [-0.25, -0.2) is 14.1 Å². The second kappa shape index (κ2) is 5.26. The molecule has 18 heavy (non-hydrogen) atoms. The van der Waals surface area contributed by atoms with Gasteiger partial charge in [-0.1, -0.05) is 0 Å². The standard InChI is InChI=1S/C11H11FN4O2/c1-18-10-3-2-9(16-6-14-5-15-16)8(11(10)12)4-13-7-17/h2-3,5-7H,4H2,1H3,(H,13,17). The fraction of sp³-hybridized carbons (Fsp3) is 0.182. The number of rotatable bonds is 5. The van der Waals surface area contributed by atoms with Crippen LogP contribution in [0.15, 0.2) is 24.8 Å². The molecule has 0 fully saturated rings. The molecule has 0 aliphatic carbocycles. The largest absolute Gasteiger partial charge is 0.494 e. The van der Waals surface area contributed by atoms with Crippen LogP contribution in [0, 0.1) is 5.82 Å². The minimum atomic E-state index is -0.528. The molecule has 7 heteroatoms. The lowest BCUT2D eigenvalue weighted by Gasteiger charge is -2.12. The van der Waals surface area contributed by atoms with E-state index in [1.807, 2.05) is 0 Å². The van der Waals surface area contributed by atoms with Crippen molar-refractivity contribution < 1.29 is 13.9 Å². The van der Waals surface area contributed by atoms with Gasteiger partial charge in [0.1, 0.15) is 12.7 Å². The number of carbonyl (C=O) groups is 1. The normalized spacial score (nSPS) is 10.1. The number of nitrogens with one attached hydrogen (secondary N) is 1. The number of ether oxygens (including phenoxy) is 1. The Morgan fingerprint density at radius 2 is 2.39 bits per heavy atom. The zero-order valence-corrected chi connectivity index (χ0v) is 9.63. The molecular weight excluding hydrogens is 239 g/mol. The van der Waals surface area contributed by atoms with E-state index in [0.717, 1.165) is 0 Å². The number of halogens is 1. The second-order valence-corrected chi connectivity index (χ2v) is 3.42. The van der Waals surface area contributed by atoms with Crippen molar-refractivity contribution in [2.24, 2.45) is 0 Å². The fourth-order valence-electron chi connectivity index (χ4n) is 1.61. The van der Waals surface area contributed by atoms with E-state index in [1.165, 1.54) is 30.5 Å². The molecule has 1 N–H and O–H groups in total. The van der Waals surface area contributed by atoms with Crippen molar-refractivity contribution in [3.8, 4) is 11.4 Å². The van der Waals surface area contributed by atoms with Gasteiger partial charge in [-0.3, -0.25) is 4.79 Å². The number of amides is 1. The molecule has 0 aliphatic heterocycles. The Bertz CT molecular complexity index is 542. The van der Waals surface area contributed by atoms with Crippen molar-refractivity contribution in [3.05, 3.63) is 36.2 Å². The molecule has 94 valence electrons. The summed E-state index contributed by atoms with van der Waals surface area (Å²) >= 11 is 0. The first kappa shape index (κ1) is 12.0. The van der Waals surface area contributed by atoms with Crippen molar-refractivity contribution in [2.75, 3.05) is 7.11 Å². The Labute approximate surface area is 102 Å². The van der Waals surface area contributed by atoms with E-state index in [4.69, 9.17) is 4.74 Å². The summed E-state index contributed by atoms with van der Waals surface area (Å²) < 4.78 is 20.4. The molecule has 0 unspecified atom stereocenters.